The lowest BCUT2D eigenvalue weighted by Crippen LogP contribution is -2.57. The van der Waals surface area contributed by atoms with Gasteiger partial charge in [0, 0.05) is 27.9 Å². The van der Waals surface area contributed by atoms with Crippen LogP contribution in [0.25, 0.3) is 0 Å². The zero-order valence-electron chi connectivity index (χ0n) is 17.3. The van der Waals surface area contributed by atoms with Gasteiger partial charge in [-0.1, -0.05) is 26.0 Å². The maximum absolute atomic E-state index is 14.0. The number of benzene rings is 1. The van der Waals surface area contributed by atoms with Gasteiger partial charge in [-0.05, 0) is 51.8 Å². The van der Waals surface area contributed by atoms with Crippen molar-refractivity contribution in [1.29, 1.82) is 0 Å². The van der Waals surface area contributed by atoms with E-state index in [9.17, 15) is 18.5 Å². The summed E-state index contributed by atoms with van der Waals surface area (Å²) in [4.78, 5) is 14.5. The highest BCUT2D eigenvalue weighted by Crippen LogP contribution is 2.30. The topological polar surface area (TPSA) is 66.8 Å². The molecule has 154 valence electrons. The van der Waals surface area contributed by atoms with Crippen LogP contribution in [0.2, 0.25) is 0 Å². The lowest BCUT2D eigenvalue weighted by atomic mass is 9.92. The largest absolute Gasteiger partial charge is 0.443 e. The molecule has 1 unspecified atom stereocenters. The van der Waals surface area contributed by atoms with Gasteiger partial charge in [-0.15, -0.1) is 0 Å². The molecule has 1 aromatic carbocycles. The number of rotatable bonds is 8. The van der Waals surface area contributed by atoms with E-state index in [1.807, 2.05) is 6.92 Å². The Morgan fingerprint density at radius 1 is 1.26 bits per heavy atom. The van der Waals surface area contributed by atoms with E-state index in [1.165, 1.54) is 13.8 Å². The normalized spacial score (nSPS) is 15.7. The van der Waals surface area contributed by atoms with Crippen LogP contribution in [0.15, 0.2) is 29.2 Å². The van der Waals surface area contributed by atoms with Crippen LogP contribution < -0.4 is 0 Å². The summed E-state index contributed by atoms with van der Waals surface area (Å²) in [6.07, 6.45) is 1.42. The highest BCUT2D eigenvalue weighted by molar-refractivity contribution is 7.84. The molecule has 7 heteroatoms. The number of amides is 1. The number of ether oxygens (including phenoxy) is 1. The third-order valence-corrected chi connectivity index (χ3v) is 5.74. The summed E-state index contributed by atoms with van der Waals surface area (Å²) in [7, 11) is -1.10. The summed E-state index contributed by atoms with van der Waals surface area (Å²) in [5.41, 5.74) is -1.54. The van der Waals surface area contributed by atoms with Gasteiger partial charge in [-0.2, -0.15) is 0 Å². The van der Waals surface area contributed by atoms with Crippen molar-refractivity contribution in [2.45, 2.75) is 76.1 Å². The van der Waals surface area contributed by atoms with E-state index in [0.717, 1.165) is 10.5 Å². The van der Waals surface area contributed by atoms with E-state index in [0.29, 0.717) is 11.3 Å². The Morgan fingerprint density at radius 2 is 1.78 bits per heavy atom. The van der Waals surface area contributed by atoms with Crippen molar-refractivity contribution < 1.29 is 23.2 Å². The van der Waals surface area contributed by atoms with Gasteiger partial charge in [-0.25, -0.2) is 9.18 Å². The summed E-state index contributed by atoms with van der Waals surface area (Å²) in [5, 5.41) is 10.5. The molecule has 3 atom stereocenters. The van der Waals surface area contributed by atoms with Crippen LogP contribution in [0.4, 0.5) is 9.18 Å². The molecular formula is C20H32FNO4S. The SMILES string of the molecule is CCC(C)(C)OC(=O)N([C@@H](CF)[C@H](C)c1ccc(S(C)=O)cc1)C(C)(C)O. The first kappa shape index (κ1) is 23.6. The fourth-order valence-electron chi connectivity index (χ4n) is 2.73. The van der Waals surface area contributed by atoms with E-state index in [-0.39, 0.29) is 0 Å². The molecule has 5 nitrogen and oxygen atoms in total. The average molecular weight is 402 g/mol. The number of nitrogens with zero attached hydrogens (tertiary/aromatic N) is 1. The van der Waals surface area contributed by atoms with Gasteiger partial charge in [0.05, 0.1) is 6.04 Å². The molecular weight excluding hydrogens is 369 g/mol. The minimum Gasteiger partial charge on any atom is -0.443 e. The monoisotopic (exact) mass is 401 g/mol. The van der Waals surface area contributed by atoms with Crippen molar-refractivity contribution >= 4 is 16.9 Å². The highest BCUT2D eigenvalue weighted by atomic mass is 32.2. The first-order chi connectivity index (χ1) is 12.3. The molecule has 0 radical (unpaired) electrons. The lowest BCUT2D eigenvalue weighted by Gasteiger charge is -2.42. The number of aliphatic hydroxyl groups is 1. The van der Waals surface area contributed by atoms with E-state index >= 15 is 0 Å². The maximum atomic E-state index is 14.0. The third kappa shape index (κ3) is 6.28. The molecule has 0 aliphatic rings. The van der Waals surface area contributed by atoms with Crippen LogP contribution >= 0.6 is 0 Å². The van der Waals surface area contributed by atoms with Crippen LogP contribution in [0.5, 0.6) is 0 Å². The summed E-state index contributed by atoms with van der Waals surface area (Å²) in [6.45, 7) is 9.25. The number of hydrogen-bond donors (Lipinski definition) is 1. The van der Waals surface area contributed by atoms with Crippen molar-refractivity contribution in [3.05, 3.63) is 29.8 Å². The summed E-state index contributed by atoms with van der Waals surface area (Å²) < 4.78 is 31.1. The second-order valence-electron chi connectivity index (χ2n) is 7.88. The second-order valence-corrected chi connectivity index (χ2v) is 9.26. The number of halogens is 1. The molecule has 27 heavy (non-hydrogen) atoms. The number of alkyl halides is 1. The van der Waals surface area contributed by atoms with Gasteiger partial charge in [0.1, 0.15) is 18.0 Å². The second kappa shape index (κ2) is 9.15. The molecule has 1 N–H and O–H groups in total. The quantitative estimate of drug-likeness (QED) is 0.662. The van der Waals surface area contributed by atoms with Gasteiger partial charge in [0.2, 0.25) is 0 Å². The molecule has 0 spiro atoms. The predicted molar refractivity (Wildman–Crippen MR) is 106 cm³/mol. The van der Waals surface area contributed by atoms with Crippen molar-refractivity contribution in [3.63, 3.8) is 0 Å². The zero-order chi connectivity index (χ0) is 21.0. The number of carbonyl (C=O) groups is 1. The van der Waals surface area contributed by atoms with Crippen molar-refractivity contribution in [3.8, 4) is 0 Å². The summed E-state index contributed by atoms with van der Waals surface area (Å²) in [6, 6.07) is 6.08. The molecule has 0 saturated heterocycles. The lowest BCUT2D eigenvalue weighted by molar-refractivity contribution is -0.109. The molecule has 1 aromatic rings. The molecule has 0 bridgehead atoms. The molecule has 0 aromatic heterocycles. The standard InChI is InChI=1S/C20H32FNO4S/c1-8-19(3,4)26-18(23)22(20(5,6)24)17(13-21)14(2)15-9-11-16(12-10-15)27(7)25/h9-12,14,17,24H,8,13H2,1-7H3/t14-,17+,27?/m1/s1. The third-order valence-electron chi connectivity index (χ3n) is 4.81. The van der Waals surface area contributed by atoms with E-state index in [2.05, 4.69) is 0 Å². The fourth-order valence-corrected chi connectivity index (χ4v) is 3.25. The Morgan fingerprint density at radius 3 is 2.15 bits per heavy atom. The van der Waals surface area contributed by atoms with Gasteiger partial charge in [-0.3, -0.25) is 9.11 Å². The Balaban J connectivity index is 3.20. The fraction of sp³-hybridized carbons (Fsp3) is 0.650. The molecule has 0 fully saturated rings. The molecule has 1 rings (SSSR count). The van der Waals surface area contributed by atoms with Gasteiger partial charge in [0.15, 0.2) is 0 Å². The summed E-state index contributed by atoms with van der Waals surface area (Å²) >= 11 is 0. The van der Waals surface area contributed by atoms with E-state index in [4.69, 9.17) is 4.74 Å². The van der Waals surface area contributed by atoms with Crippen LogP contribution in [0.3, 0.4) is 0 Å². The summed E-state index contributed by atoms with van der Waals surface area (Å²) in [5.74, 6) is -0.405. The van der Waals surface area contributed by atoms with Crippen molar-refractivity contribution in [2.24, 2.45) is 0 Å². The number of carbonyl (C=O) groups excluding carboxylic acids is 1. The van der Waals surface area contributed by atoms with E-state index < -0.39 is 46.9 Å². The highest BCUT2D eigenvalue weighted by Gasteiger charge is 2.41. The molecule has 0 heterocycles. The Bertz CT molecular complexity index is 655. The smallest absolute Gasteiger partial charge is 0.412 e. The zero-order valence-corrected chi connectivity index (χ0v) is 18.1. The molecule has 0 saturated carbocycles. The van der Waals surface area contributed by atoms with Gasteiger partial charge >= 0.3 is 6.09 Å². The van der Waals surface area contributed by atoms with Crippen LogP contribution in [-0.2, 0) is 15.5 Å². The van der Waals surface area contributed by atoms with Crippen LogP contribution in [-0.4, -0.2) is 50.6 Å². The Kier molecular flexibility index (Phi) is 7.99. The minimum absolute atomic E-state index is 0.405. The molecule has 1 amide bonds. The van der Waals surface area contributed by atoms with Gasteiger partial charge in [0.25, 0.3) is 0 Å². The number of hydrogen-bond acceptors (Lipinski definition) is 4. The van der Waals surface area contributed by atoms with Gasteiger partial charge < -0.3 is 9.84 Å². The van der Waals surface area contributed by atoms with Crippen molar-refractivity contribution in [1.82, 2.24) is 4.90 Å². The average Bonchev–Trinajstić information content (AvgIpc) is 2.57. The molecule has 0 aliphatic heterocycles. The minimum atomic E-state index is -1.60. The van der Waals surface area contributed by atoms with Crippen LogP contribution in [0, 0.1) is 0 Å². The Hall–Kier alpha value is -1.47. The molecule has 0 aliphatic carbocycles. The maximum Gasteiger partial charge on any atom is 0.412 e. The first-order valence-corrected chi connectivity index (χ1v) is 10.6. The van der Waals surface area contributed by atoms with Crippen molar-refractivity contribution in [2.75, 3.05) is 12.9 Å². The van der Waals surface area contributed by atoms with Crippen LogP contribution in [0.1, 0.15) is 59.4 Å². The Labute approximate surface area is 164 Å². The predicted octanol–water partition coefficient (Wildman–Crippen LogP) is 4.22. The first-order valence-electron chi connectivity index (χ1n) is 9.08. The van der Waals surface area contributed by atoms with E-state index in [1.54, 1.807) is 51.3 Å².